The zero-order valence-corrected chi connectivity index (χ0v) is 17.6. The number of methoxy groups -OCH3 is 1. The summed E-state index contributed by atoms with van der Waals surface area (Å²) in [6, 6.07) is 14.4. The Labute approximate surface area is 178 Å². The van der Waals surface area contributed by atoms with Crippen molar-refractivity contribution in [1.82, 2.24) is 4.90 Å². The molecule has 2 aromatic carbocycles. The molecule has 0 radical (unpaired) electrons. The molecular formula is C21H20N2O4S2. The third-order valence-corrected chi connectivity index (χ3v) is 5.40. The Hall–Kier alpha value is -2.84. The molecule has 0 saturated carbocycles. The number of thioether (sulfide) groups is 1. The molecule has 1 aliphatic rings. The van der Waals surface area contributed by atoms with Gasteiger partial charge in [-0.15, -0.1) is 0 Å². The number of amides is 2. The number of nitrogens with zero attached hydrogens (tertiary/aromatic N) is 1. The fourth-order valence-electron chi connectivity index (χ4n) is 2.66. The number of carbonyl (C=O) groups excluding carboxylic acids is 2. The molecular weight excluding hydrogens is 408 g/mol. The lowest BCUT2D eigenvalue weighted by Crippen LogP contribution is -2.36. The van der Waals surface area contributed by atoms with Crippen LogP contribution < -0.4 is 14.8 Å². The van der Waals surface area contributed by atoms with Crippen LogP contribution in [0.15, 0.2) is 53.4 Å². The van der Waals surface area contributed by atoms with E-state index in [0.717, 1.165) is 11.3 Å². The first-order valence-corrected chi connectivity index (χ1v) is 10.1. The first-order chi connectivity index (χ1) is 14.0. The van der Waals surface area contributed by atoms with Gasteiger partial charge >= 0.3 is 0 Å². The summed E-state index contributed by atoms with van der Waals surface area (Å²) in [5, 5.41) is 2.75. The molecule has 1 fully saturated rings. The van der Waals surface area contributed by atoms with Crippen molar-refractivity contribution in [3.05, 3.63) is 59.0 Å². The SMILES string of the molecule is CCOc1ccc(C=C2SC(=S)N(CC(=O)Nc3cccc(OC)c3)C2=O)cc1. The number of nitrogens with one attached hydrogen (secondary N) is 1. The molecule has 0 bridgehead atoms. The number of thiocarbonyl (C=S) groups is 1. The molecule has 0 aliphatic carbocycles. The zero-order valence-electron chi connectivity index (χ0n) is 16.0. The summed E-state index contributed by atoms with van der Waals surface area (Å²) in [6.45, 7) is 2.36. The highest BCUT2D eigenvalue weighted by Crippen LogP contribution is 2.32. The van der Waals surface area contributed by atoms with Gasteiger partial charge in [0.1, 0.15) is 22.4 Å². The van der Waals surface area contributed by atoms with Crippen LogP contribution in [0.1, 0.15) is 12.5 Å². The van der Waals surface area contributed by atoms with Crippen LogP contribution in [0.25, 0.3) is 6.08 Å². The molecule has 0 aromatic heterocycles. The average Bonchev–Trinajstić information content (AvgIpc) is 2.97. The van der Waals surface area contributed by atoms with E-state index in [4.69, 9.17) is 21.7 Å². The van der Waals surface area contributed by atoms with Crippen LogP contribution in [0, 0.1) is 0 Å². The van der Waals surface area contributed by atoms with Crippen molar-refractivity contribution in [3.8, 4) is 11.5 Å². The average molecular weight is 429 g/mol. The zero-order chi connectivity index (χ0) is 20.8. The van der Waals surface area contributed by atoms with Crippen molar-refractivity contribution in [2.75, 3.05) is 25.6 Å². The van der Waals surface area contributed by atoms with E-state index in [2.05, 4.69) is 5.32 Å². The first-order valence-electron chi connectivity index (χ1n) is 8.92. The fraction of sp³-hybridized carbons (Fsp3) is 0.190. The molecule has 3 rings (SSSR count). The van der Waals surface area contributed by atoms with Gasteiger partial charge in [0.05, 0.1) is 18.6 Å². The van der Waals surface area contributed by atoms with Gasteiger partial charge in [0.2, 0.25) is 5.91 Å². The molecule has 29 heavy (non-hydrogen) atoms. The minimum absolute atomic E-state index is 0.150. The molecule has 2 amide bonds. The van der Waals surface area contributed by atoms with Crippen LogP contribution in [-0.4, -0.2) is 41.3 Å². The standard InChI is InChI=1S/C21H20N2O4S2/c1-3-27-16-9-7-14(8-10-16)11-18-20(25)23(21(28)29-18)13-19(24)22-15-5-4-6-17(12-15)26-2/h4-12H,3,13H2,1-2H3,(H,22,24). The van der Waals surface area contributed by atoms with Crippen LogP contribution in [0.5, 0.6) is 11.5 Å². The molecule has 150 valence electrons. The van der Waals surface area contributed by atoms with Crippen LogP contribution in [0.4, 0.5) is 5.69 Å². The van der Waals surface area contributed by atoms with Gasteiger partial charge < -0.3 is 14.8 Å². The summed E-state index contributed by atoms with van der Waals surface area (Å²) in [4.78, 5) is 26.9. The van der Waals surface area contributed by atoms with Gasteiger partial charge in [-0.2, -0.15) is 0 Å². The Kier molecular flexibility index (Phi) is 6.90. The third-order valence-electron chi connectivity index (χ3n) is 4.02. The summed E-state index contributed by atoms with van der Waals surface area (Å²) in [5.74, 6) is 0.782. The van der Waals surface area contributed by atoms with E-state index >= 15 is 0 Å². The minimum atomic E-state index is -0.336. The number of hydrogen-bond acceptors (Lipinski definition) is 6. The van der Waals surface area contributed by atoms with E-state index < -0.39 is 0 Å². The second-order valence-electron chi connectivity index (χ2n) is 6.05. The highest BCUT2D eigenvalue weighted by Gasteiger charge is 2.33. The Bertz CT molecular complexity index is 957. The van der Waals surface area contributed by atoms with Crippen molar-refractivity contribution >= 4 is 51.9 Å². The molecule has 1 N–H and O–H groups in total. The molecule has 2 aromatic rings. The number of benzene rings is 2. The van der Waals surface area contributed by atoms with Gasteiger partial charge in [-0.1, -0.05) is 42.2 Å². The summed E-state index contributed by atoms with van der Waals surface area (Å²) in [6.07, 6.45) is 1.76. The lowest BCUT2D eigenvalue weighted by molar-refractivity contribution is -0.126. The quantitative estimate of drug-likeness (QED) is 0.532. The van der Waals surface area contributed by atoms with Crippen LogP contribution in [-0.2, 0) is 9.59 Å². The third kappa shape index (κ3) is 5.36. The van der Waals surface area contributed by atoms with E-state index in [1.807, 2.05) is 31.2 Å². The molecule has 0 spiro atoms. The van der Waals surface area contributed by atoms with Crippen LogP contribution in [0.2, 0.25) is 0 Å². The summed E-state index contributed by atoms with van der Waals surface area (Å²) >= 11 is 6.48. The second kappa shape index (κ2) is 9.58. The summed E-state index contributed by atoms with van der Waals surface area (Å²) in [5.41, 5.74) is 1.44. The van der Waals surface area contributed by atoms with Gasteiger partial charge in [0, 0.05) is 11.8 Å². The van der Waals surface area contributed by atoms with Gasteiger partial charge in [0.25, 0.3) is 5.91 Å². The maximum Gasteiger partial charge on any atom is 0.266 e. The number of carbonyl (C=O) groups is 2. The van der Waals surface area contributed by atoms with E-state index in [0.29, 0.717) is 27.3 Å². The fourth-order valence-corrected chi connectivity index (χ4v) is 3.91. The van der Waals surface area contributed by atoms with E-state index in [1.54, 1.807) is 37.5 Å². The summed E-state index contributed by atoms with van der Waals surface area (Å²) in [7, 11) is 1.55. The predicted octanol–water partition coefficient (Wildman–Crippen LogP) is 3.93. The van der Waals surface area contributed by atoms with Gasteiger partial charge in [-0.25, -0.2) is 0 Å². The number of ether oxygens (including phenoxy) is 2. The molecule has 6 nitrogen and oxygen atoms in total. The Balaban J connectivity index is 1.65. The topological polar surface area (TPSA) is 67.9 Å². The number of hydrogen-bond donors (Lipinski definition) is 1. The van der Waals surface area contributed by atoms with Crippen LogP contribution in [0.3, 0.4) is 0 Å². The van der Waals surface area contributed by atoms with Crippen molar-refractivity contribution in [2.24, 2.45) is 0 Å². The first kappa shape index (κ1) is 20.9. The molecule has 0 atom stereocenters. The largest absolute Gasteiger partial charge is 0.497 e. The van der Waals surface area contributed by atoms with Crippen LogP contribution >= 0.6 is 24.0 Å². The van der Waals surface area contributed by atoms with E-state index in [1.165, 1.54) is 16.7 Å². The van der Waals surface area contributed by atoms with E-state index in [-0.39, 0.29) is 18.4 Å². The monoisotopic (exact) mass is 428 g/mol. The predicted molar refractivity (Wildman–Crippen MR) is 119 cm³/mol. The van der Waals surface area contributed by atoms with Crippen molar-refractivity contribution in [1.29, 1.82) is 0 Å². The van der Waals surface area contributed by atoms with Crippen molar-refractivity contribution in [3.63, 3.8) is 0 Å². The molecule has 0 unspecified atom stereocenters. The maximum absolute atomic E-state index is 12.7. The lowest BCUT2D eigenvalue weighted by Gasteiger charge is -2.14. The molecule has 1 heterocycles. The highest BCUT2D eigenvalue weighted by atomic mass is 32.2. The Morgan fingerprint density at radius 3 is 2.66 bits per heavy atom. The van der Waals surface area contributed by atoms with Crippen molar-refractivity contribution in [2.45, 2.75) is 6.92 Å². The normalized spacial score (nSPS) is 15.0. The Morgan fingerprint density at radius 1 is 1.21 bits per heavy atom. The second-order valence-corrected chi connectivity index (χ2v) is 7.73. The lowest BCUT2D eigenvalue weighted by atomic mass is 10.2. The van der Waals surface area contributed by atoms with Crippen molar-refractivity contribution < 1.29 is 19.1 Å². The highest BCUT2D eigenvalue weighted by molar-refractivity contribution is 8.26. The molecule has 1 saturated heterocycles. The minimum Gasteiger partial charge on any atom is -0.497 e. The Morgan fingerprint density at radius 2 is 1.97 bits per heavy atom. The smallest absolute Gasteiger partial charge is 0.266 e. The van der Waals surface area contributed by atoms with E-state index in [9.17, 15) is 9.59 Å². The number of rotatable bonds is 7. The van der Waals surface area contributed by atoms with Gasteiger partial charge in [-0.3, -0.25) is 14.5 Å². The van der Waals surface area contributed by atoms with Gasteiger partial charge in [0.15, 0.2) is 0 Å². The molecule has 8 heteroatoms. The molecule has 1 aliphatic heterocycles. The number of anilines is 1. The maximum atomic E-state index is 12.7. The summed E-state index contributed by atoms with van der Waals surface area (Å²) < 4.78 is 10.9. The van der Waals surface area contributed by atoms with Gasteiger partial charge in [-0.05, 0) is 42.8 Å².